The third kappa shape index (κ3) is 3.89. The molecule has 110 valence electrons. The van der Waals surface area contributed by atoms with Crippen molar-refractivity contribution in [3.05, 3.63) is 0 Å². The lowest BCUT2D eigenvalue weighted by Gasteiger charge is -2.34. The molecule has 0 aromatic heterocycles. The molecule has 0 radical (unpaired) electrons. The van der Waals surface area contributed by atoms with Crippen LogP contribution < -0.4 is 5.73 Å². The first-order chi connectivity index (χ1) is 8.94. The first-order valence-electron chi connectivity index (χ1n) is 7.18. The molecule has 0 saturated heterocycles. The Hall–Kier alpha value is -0.680. The molecule has 19 heavy (non-hydrogen) atoms. The van der Waals surface area contributed by atoms with E-state index in [0.29, 0.717) is 4.99 Å². The van der Waals surface area contributed by atoms with Gasteiger partial charge in [-0.25, -0.2) is 0 Å². The van der Waals surface area contributed by atoms with Crippen LogP contribution in [0.2, 0.25) is 0 Å². The number of rotatable bonds is 7. The van der Waals surface area contributed by atoms with Gasteiger partial charge in [0.05, 0.1) is 10.4 Å². The van der Waals surface area contributed by atoms with Gasteiger partial charge in [-0.3, -0.25) is 4.79 Å². The fourth-order valence-corrected chi connectivity index (χ4v) is 3.04. The maximum atomic E-state index is 12.9. The summed E-state index contributed by atoms with van der Waals surface area (Å²) >= 11 is 5.20. The third-order valence-electron chi connectivity index (χ3n) is 3.94. The summed E-state index contributed by atoms with van der Waals surface area (Å²) in [6.07, 6.45) is 4.72. The molecule has 1 aliphatic carbocycles. The number of hydrogen-bond donors (Lipinski definition) is 1. The molecule has 2 N–H and O–H groups in total. The number of carbonyl (C=O) groups excluding carboxylic acids is 1. The highest BCUT2D eigenvalue weighted by molar-refractivity contribution is 7.80. The van der Waals surface area contributed by atoms with Crippen molar-refractivity contribution in [2.75, 3.05) is 33.7 Å². The van der Waals surface area contributed by atoms with Crippen LogP contribution in [0.15, 0.2) is 0 Å². The summed E-state index contributed by atoms with van der Waals surface area (Å²) in [5, 5.41) is 0. The number of thiocarbonyl (C=S) groups is 1. The number of amides is 1. The van der Waals surface area contributed by atoms with Crippen LogP contribution in [0.3, 0.4) is 0 Å². The maximum Gasteiger partial charge on any atom is 0.235 e. The van der Waals surface area contributed by atoms with Crippen LogP contribution in [-0.2, 0) is 4.79 Å². The predicted octanol–water partition coefficient (Wildman–Crippen LogP) is 1.63. The summed E-state index contributed by atoms with van der Waals surface area (Å²) in [6.45, 7) is 4.51. The molecule has 1 aliphatic rings. The third-order valence-corrected chi connectivity index (χ3v) is 4.33. The molecule has 0 aromatic rings. The molecule has 1 saturated carbocycles. The summed E-state index contributed by atoms with van der Waals surface area (Å²) in [5.74, 6) is 0.154. The zero-order chi connectivity index (χ0) is 14.5. The molecule has 0 unspecified atom stereocenters. The smallest absolute Gasteiger partial charge is 0.235 e. The number of nitrogens with two attached hydrogens (primary N) is 1. The lowest BCUT2D eigenvalue weighted by molar-refractivity contribution is -0.138. The summed E-state index contributed by atoms with van der Waals surface area (Å²) in [5.41, 5.74) is 5.34. The molecule has 0 aromatic carbocycles. The van der Waals surface area contributed by atoms with Gasteiger partial charge in [0.1, 0.15) is 0 Å². The van der Waals surface area contributed by atoms with Crippen molar-refractivity contribution in [3.63, 3.8) is 0 Å². The Labute approximate surface area is 122 Å². The Bertz CT molecular complexity index is 325. The topological polar surface area (TPSA) is 49.6 Å². The average Bonchev–Trinajstić information content (AvgIpc) is 2.83. The van der Waals surface area contributed by atoms with E-state index in [2.05, 4.69) is 11.8 Å². The number of nitrogens with zero attached hydrogens (tertiary/aromatic N) is 2. The normalized spacial score (nSPS) is 17.7. The van der Waals surface area contributed by atoms with Gasteiger partial charge in [-0.15, -0.1) is 0 Å². The van der Waals surface area contributed by atoms with Crippen LogP contribution in [-0.4, -0.2) is 54.4 Å². The van der Waals surface area contributed by atoms with Crippen molar-refractivity contribution >= 4 is 23.1 Å². The van der Waals surface area contributed by atoms with Crippen molar-refractivity contribution in [1.82, 2.24) is 9.80 Å². The highest BCUT2D eigenvalue weighted by atomic mass is 32.1. The number of likely N-dealkylation sites (N-methyl/N-ethyl adjacent to an activating group) is 1. The Morgan fingerprint density at radius 1 is 1.21 bits per heavy atom. The Morgan fingerprint density at radius 3 is 2.21 bits per heavy atom. The summed E-state index contributed by atoms with van der Waals surface area (Å²) in [4.78, 5) is 17.3. The van der Waals surface area contributed by atoms with E-state index < -0.39 is 5.41 Å². The van der Waals surface area contributed by atoms with Crippen molar-refractivity contribution in [3.8, 4) is 0 Å². The molecule has 0 bridgehead atoms. The quantitative estimate of drug-likeness (QED) is 0.722. The van der Waals surface area contributed by atoms with E-state index in [-0.39, 0.29) is 5.91 Å². The molecular weight excluding hydrogens is 258 g/mol. The van der Waals surface area contributed by atoms with E-state index in [1.807, 2.05) is 19.0 Å². The van der Waals surface area contributed by atoms with Crippen molar-refractivity contribution in [2.24, 2.45) is 11.1 Å². The van der Waals surface area contributed by atoms with E-state index in [1.54, 1.807) is 0 Å². The molecule has 0 atom stereocenters. The SMILES string of the molecule is CCCN(CCN(C)C)C(=O)C1(C(N)=S)CCCC1. The second-order valence-electron chi connectivity index (χ2n) is 5.75. The minimum absolute atomic E-state index is 0.154. The maximum absolute atomic E-state index is 12.9. The second-order valence-corrected chi connectivity index (χ2v) is 6.19. The molecule has 5 heteroatoms. The zero-order valence-corrected chi connectivity index (χ0v) is 13.3. The molecule has 0 heterocycles. The zero-order valence-electron chi connectivity index (χ0n) is 12.4. The van der Waals surface area contributed by atoms with Gasteiger partial charge >= 0.3 is 0 Å². The highest BCUT2D eigenvalue weighted by Crippen LogP contribution is 2.40. The average molecular weight is 285 g/mol. The van der Waals surface area contributed by atoms with E-state index in [9.17, 15) is 4.79 Å². The lowest BCUT2D eigenvalue weighted by Crippen LogP contribution is -2.50. The van der Waals surface area contributed by atoms with E-state index in [4.69, 9.17) is 18.0 Å². The monoisotopic (exact) mass is 285 g/mol. The van der Waals surface area contributed by atoms with Gasteiger partial charge in [-0.1, -0.05) is 32.0 Å². The molecule has 0 spiro atoms. The highest BCUT2D eigenvalue weighted by Gasteiger charge is 2.45. The van der Waals surface area contributed by atoms with Crippen LogP contribution in [0, 0.1) is 5.41 Å². The minimum atomic E-state index is -0.559. The standard InChI is InChI=1S/C14H27N3OS/c1-4-9-17(11-10-16(2)3)13(18)14(12(15)19)7-5-6-8-14/h4-11H2,1-3H3,(H2,15,19). The van der Waals surface area contributed by atoms with Crippen molar-refractivity contribution in [1.29, 1.82) is 0 Å². The molecule has 0 aliphatic heterocycles. The van der Waals surface area contributed by atoms with E-state index in [1.165, 1.54) is 0 Å². The van der Waals surface area contributed by atoms with Gasteiger partial charge < -0.3 is 15.5 Å². The first kappa shape index (κ1) is 16.4. The van der Waals surface area contributed by atoms with Gasteiger partial charge in [0.25, 0.3) is 0 Å². The van der Waals surface area contributed by atoms with Gasteiger partial charge in [-0.2, -0.15) is 0 Å². The number of carbonyl (C=O) groups is 1. The summed E-state index contributed by atoms with van der Waals surface area (Å²) in [6, 6.07) is 0. The summed E-state index contributed by atoms with van der Waals surface area (Å²) < 4.78 is 0. The largest absolute Gasteiger partial charge is 0.392 e. The van der Waals surface area contributed by atoms with Gasteiger partial charge in [0, 0.05) is 19.6 Å². The molecule has 1 rings (SSSR count). The van der Waals surface area contributed by atoms with Gasteiger partial charge in [0.15, 0.2) is 0 Å². The Morgan fingerprint density at radius 2 is 1.79 bits per heavy atom. The van der Waals surface area contributed by atoms with E-state index >= 15 is 0 Å². The predicted molar refractivity (Wildman–Crippen MR) is 83.1 cm³/mol. The van der Waals surface area contributed by atoms with Crippen LogP contribution in [0.4, 0.5) is 0 Å². The molecule has 1 amide bonds. The Balaban J connectivity index is 2.81. The fourth-order valence-electron chi connectivity index (χ4n) is 2.75. The van der Waals surface area contributed by atoms with E-state index in [0.717, 1.165) is 51.7 Å². The Kier molecular flexibility index (Phi) is 6.20. The first-order valence-corrected chi connectivity index (χ1v) is 7.59. The molecule has 4 nitrogen and oxygen atoms in total. The van der Waals surface area contributed by atoms with Crippen molar-refractivity contribution < 1.29 is 4.79 Å². The van der Waals surface area contributed by atoms with Crippen LogP contribution >= 0.6 is 12.2 Å². The van der Waals surface area contributed by atoms with Crippen LogP contribution in [0.25, 0.3) is 0 Å². The fraction of sp³-hybridized carbons (Fsp3) is 0.857. The molecule has 1 fully saturated rings. The molecular formula is C14H27N3OS. The van der Waals surface area contributed by atoms with Crippen molar-refractivity contribution in [2.45, 2.75) is 39.0 Å². The summed E-state index contributed by atoms with van der Waals surface area (Å²) in [7, 11) is 4.04. The van der Waals surface area contributed by atoms with Crippen LogP contribution in [0.1, 0.15) is 39.0 Å². The van der Waals surface area contributed by atoms with Gasteiger partial charge in [0.2, 0.25) is 5.91 Å². The second kappa shape index (κ2) is 7.20. The van der Waals surface area contributed by atoms with Crippen LogP contribution in [0.5, 0.6) is 0 Å². The number of hydrogen-bond acceptors (Lipinski definition) is 3. The van der Waals surface area contributed by atoms with Gasteiger partial charge in [-0.05, 0) is 33.4 Å². The minimum Gasteiger partial charge on any atom is -0.392 e. The lowest BCUT2D eigenvalue weighted by atomic mass is 9.84.